The third-order valence-corrected chi connectivity index (χ3v) is 3.42. The molecule has 0 fully saturated rings. The van der Waals surface area contributed by atoms with Gasteiger partial charge in [0.1, 0.15) is 17.9 Å². The first-order valence-corrected chi connectivity index (χ1v) is 6.85. The minimum Gasteiger partial charge on any atom is -0.497 e. The van der Waals surface area contributed by atoms with E-state index in [-0.39, 0.29) is 0 Å². The third kappa shape index (κ3) is 2.65. The summed E-state index contributed by atoms with van der Waals surface area (Å²) in [5, 5.41) is 13.5. The van der Waals surface area contributed by atoms with Crippen molar-refractivity contribution in [3.05, 3.63) is 42.6 Å². The molecule has 1 N–H and O–H groups in total. The molecule has 0 atom stereocenters. The summed E-state index contributed by atoms with van der Waals surface area (Å²) in [6, 6.07) is 7.91. The Kier molecular flexibility index (Phi) is 3.68. The number of aryl methyl sites for hydroxylation is 1. The van der Waals surface area contributed by atoms with Crippen LogP contribution in [0.3, 0.4) is 0 Å². The average molecular weight is 283 g/mol. The number of methoxy groups -OCH3 is 1. The molecule has 108 valence electrons. The maximum atomic E-state index is 5.25. The highest BCUT2D eigenvalue weighted by Crippen LogP contribution is 2.25. The van der Waals surface area contributed by atoms with Gasteiger partial charge < -0.3 is 14.6 Å². The summed E-state index contributed by atoms with van der Waals surface area (Å²) in [4.78, 5) is 4.41. The molecule has 0 spiro atoms. The van der Waals surface area contributed by atoms with Crippen molar-refractivity contribution >= 4 is 16.6 Å². The molecule has 21 heavy (non-hydrogen) atoms. The Labute approximate surface area is 122 Å². The minimum absolute atomic E-state index is 0.589. The highest BCUT2D eigenvalue weighted by molar-refractivity contribution is 5.92. The number of fused-ring (bicyclic) bond motifs is 1. The van der Waals surface area contributed by atoms with Crippen molar-refractivity contribution in [2.45, 2.75) is 20.0 Å². The van der Waals surface area contributed by atoms with Crippen molar-refractivity contribution in [2.24, 2.45) is 0 Å². The molecule has 0 radical (unpaired) electrons. The van der Waals surface area contributed by atoms with Gasteiger partial charge in [-0.25, -0.2) is 4.98 Å². The van der Waals surface area contributed by atoms with E-state index < -0.39 is 0 Å². The van der Waals surface area contributed by atoms with Gasteiger partial charge in [-0.1, -0.05) is 0 Å². The van der Waals surface area contributed by atoms with E-state index in [2.05, 4.69) is 27.4 Å². The van der Waals surface area contributed by atoms with Crippen LogP contribution in [-0.4, -0.2) is 26.9 Å². The number of rotatable bonds is 5. The lowest BCUT2D eigenvalue weighted by molar-refractivity contribution is 0.415. The molecule has 1 aromatic carbocycles. The van der Waals surface area contributed by atoms with Crippen LogP contribution in [0.15, 0.2) is 36.8 Å². The number of ether oxygens (including phenoxy) is 1. The van der Waals surface area contributed by atoms with Gasteiger partial charge in [0.25, 0.3) is 0 Å². The van der Waals surface area contributed by atoms with Gasteiger partial charge in [0.15, 0.2) is 5.82 Å². The highest BCUT2D eigenvalue weighted by Gasteiger charge is 2.06. The smallest absolute Gasteiger partial charge is 0.152 e. The normalized spacial score (nSPS) is 10.8. The number of nitrogens with zero attached hydrogens (tertiary/aromatic N) is 4. The molecule has 3 rings (SSSR count). The summed E-state index contributed by atoms with van der Waals surface area (Å²) in [5.74, 6) is 2.57. The van der Waals surface area contributed by atoms with E-state index in [0.29, 0.717) is 6.54 Å². The van der Waals surface area contributed by atoms with Crippen LogP contribution in [0.2, 0.25) is 0 Å². The number of nitrogens with one attached hydrogen (secondary N) is 1. The fraction of sp³-hybridized carbons (Fsp3) is 0.267. The second-order valence-corrected chi connectivity index (χ2v) is 4.63. The van der Waals surface area contributed by atoms with E-state index in [9.17, 15) is 0 Å². The molecule has 0 aliphatic heterocycles. The van der Waals surface area contributed by atoms with E-state index in [1.54, 1.807) is 19.6 Å². The molecule has 2 aromatic heterocycles. The number of benzene rings is 1. The SMILES string of the molecule is CCn1cnnc1CNc1nccc2cc(OC)ccc12. The lowest BCUT2D eigenvalue weighted by Gasteiger charge is -2.10. The molecular formula is C15H17N5O. The van der Waals surface area contributed by atoms with Crippen LogP contribution in [0, 0.1) is 0 Å². The molecule has 0 bridgehead atoms. The summed E-state index contributed by atoms with van der Waals surface area (Å²) < 4.78 is 7.25. The standard InChI is InChI=1S/C15H17N5O/c1-3-20-10-18-19-14(20)9-17-15-13-5-4-12(21-2)8-11(13)6-7-16-15/h4-8,10H,3,9H2,1-2H3,(H,16,17). The Bertz CT molecular complexity index is 753. The maximum Gasteiger partial charge on any atom is 0.152 e. The van der Waals surface area contributed by atoms with Gasteiger partial charge in [-0.15, -0.1) is 10.2 Å². The Morgan fingerprint density at radius 2 is 2.19 bits per heavy atom. The molecule has 0 saturated carbocycles. The largest absolute Gasteiger partial charge is 0.497 e. The zero-order chi connectivity index (χ0) is 14.7. The predicted molar refractivity (Wildman–Crippen MR) is 81.3 cm³/mol. The maximum absolute atomic E-state index is 5.25. The van der Waals surface area contributed by atoms with E-state index in [4.69, 9.17) is 4.74 Å². The van der Waals surface area contributed by atoms with E-state index in [1.807, 2.05) is 28.8 Å². The zero-order valence-electron chi connectivity index (χ0n) is 12.1. The molecule has 6 nitrogen and oxygen atoms in total. The second kappa shape index (κ2) is 5.78. The topological polar surface area (TPSA) is 64.9 Å². The number of pyridine rings is 1. The fourth-order valence-electron chi connectivity index (χ4n) is 2.27. The molecule has 2 heterocycles. The summed E-state index contributed by atoms with van der Waals surface area (Å²) >= 11 is 0. The number of aromatic nitrogens is 4. The molecule has 6 heteroatoms. The zero-order valence-corrected chi connectivity index (χ0v) is 12.1. The Morgan fingerprint density at radius 1 is 1.29 bits per heavy atom. The molecule has 0 saturated heterocycles. The Morgan fingerprint density at radius 3 is 3.00 bits per heavy atom. The first kappa shape index (κ1) is 13.4. The summed E-state index contributed by atoms with van der Waals surface area (Å²) in [6.45, 7) is 3.51. The van der Waals surface area contributed by atoms with Crippen molar-refractivity contribution in [3.8, 4) is 5.75 Å². The van der Waals surface area contributed by atoms with E-state index in [1.165, 1.54) is 0 Å². The predicted octanol–water partition coefficient (Wildman–Crippen LogP) is 2.47. The van der Waals surface area contributed by atoms with Gasteiger partial charge in [0.05, 0.1) is 13.7 Å². The Hall–Kier alpha value is -2.63. The van der Waals surface area contributed by atoms with Gasteiger partial charge in [0.2, 0.25) is 0 Å². The van der Waals surface area contributed by atoms with Crippen molar-refractivity contribution in [1.82, 2.24) is 19.7 Å². The molecule has 0 amide bonds. The quantitative estimate of drug-likeness (QED) is 0.779. The minimum atomic E-state index is 0.589. The second-order valence-electron chi connectivity index (χ2n) is 4.63. The van der Waals surface area contributed by atoms with Crippen LogP contribution >= 0.6 is 0 Å². The lowest BCUT2D eigenvalue weighted by Crippen LogP contribution is -2.08. The number of hydrogen-bond acceptors (Lipinski definition) is 5. The van der Waals surface area contributed by atoms with Gasteiger partial charge >= 0.3 is 0 Å². The molecule has 0 aliphatic carbocycles. The van der Waals surface area contributed by atoms with Gasteiger partial charge in [-0.3, -0.25) is 0 Å². The van der Waals surface area contributed by atoms with Gasteiger partial charge in [-0.2, -0.15) is 0 Å². The molecule has 0 aliphatic rings. The van der Waals surface area contributed by atoms with E-state index >= 15 is 0 Å². The molecule has 3 aromatic rings. The van der Waals surface area contributed by atoms with Gasteiger partial charge in [-0.05, 0) is 36.6 Å². The monoisotopic (exact) mass is 283 g/mol. The van der Waals surface area contributed by atoms with Crippen LogP contribution in [0.25, 0.3) is 10.8 Å². The van der Waals surface area contributed by atoms with Crippen molar-refractivity contribution in [1.29, 1.82) is 0 Å². The third-order valence-electron chi connectivity index (χ3n) is 3.42. The number of hydrogen-bond donors (Lipinski definition) is 1. The average Bonchev–Trinajstić information content (AvgIpc) is 2.99. The Balaban J connectivity index is 1.87. The number of anilines is 1. The lowest BCUT2D eigenvalue weighted by atomic mass is 10.1. The van der Waals surface area contributed by atoms with Crippen LogP contribution < -0.4 is 10.1 Å². The first-order valence-electron chi connectivity index (χ1n) is 6.85. The first-order chi connectivity index (χ1) is 10.3. The van der Waals surface area contributed by atoms with Crippen molar-refractivity contribution < 1.29 is 4.74 Å². The van der Waals surface area contributed by atoms with Crippen molar-refractivity contribution in [3.63, 3.8) is 0 Å². The molecule has 0 unspecified atom stereocenters. The van der Waals surface area contributed by atoms with Crippen LogP contribution in [0.5, 0.6) is 5.75 Å². The van der Waals surface area contributed by atoms with E-state index in [0.717, 1.165) is 34.7 Å². The summed E-state index contributed by atoms with van der Waals surface area (Å²) in [7, 11) is 1.67. The molecular weight excluding hydrogens is 266 g/mol. The fourth-order valence-corrected chi connectivity index (χ4v) is 2.27. The van der Waals surface area contributed by atoms with Gasteiger partial charge in [0, 0.05) is 18.1 Å². The summed E-state index contributed by atoms with van der Waals surface area (Å²) in [6.07, 6.45) is 3.52. The summed E-state index contributed by atoms with van der Waals surface area (Å²) in [5.41, 5.74) is 0. The van der Waals surface area contributed by atoms with Crippen LogP contribution in [0.1, 0.15) is 12.7 Å². The van der Waals surface area contributed by atoms with Crippen LogP contribution in [-0.2, 0) is 13.1 Å². The van der Waals surface area contributed by atoms with Crippen LogP contribution in [0.4, 0.5) is 5.82 Å². The van der Waals surface area contributed by atoms with Crippen molar-refractivity contribution in [2.75, 3.05) is 12.4 Å². The highest BCUT2D eigenvalue weighted by atomic mass is 16.5.